The number of benzene rings is 2. The number of aryl methyl sites for hydroxylation is 1. The highest BCUT2D eigenvalue weighted by molar-refractivity contribution is 7.22. The number of nitrogens with zero attached hydrogens (tertiary/aromatic N) is 3. The van der Waals surface area contributed by atoms with E-state index in [-0.39, 0.29) is 5.91 Å². The summed E-state index contributed by atoms with van der Waals surface area (Å²) in [5.74, 6) is 1.10. The Morgan fingerprint density at radius 3 is 2.25 bits per heavy atom. The summed E-state index contributed by atoms with van der Waals surface area (Å²) < 4.78 is 17.2. The van der Waals surface area contributed by atoms with Gasteiger partial charge in [-0.05, 0) is 63.8 Å². The van der Waals surface area contributed by atoms with E-state index in [9.17, 15) is 4.79 Å². The van der Waals surface area contributed by atoms with E-state index in [0.29, 0.717) is 39.5 Å². The van der Waals surface area contributed by atoms with Gasteiger partial charge in [0.1, 0.15) is 0 Å². The molecule has 0 spiro atoms. The Morgan fingerprint density at radius 2 is 1.69 bits per heavy atom. The largest absolute Gasteiger partial charge is 0.493 e. The molecule has 1 amide bonds. The number of anilines is 1. The van der Waals surface area contributed by atoms with Crippen LogP contribution in [0.2, 0.25) is 5.02 Å². The van der Waals surface area contributed by atoms with Gasteiger partial charge in [-0.1, -0.05) is 22.9 Å². The van der Waals surface area contributed by atoms with E-state index < -0.39 is 0 Å². The molecule has 172 valence electrons. The predicted molar refractivity (Wildman–Crippen MR) is 130 cm³/mol. The van der Waals surface area contributed by atoms with Crippen molar-refractivity contribution in [2.45, 2.75) is 13.3 Å². The van der Waals surface area contributed by atoms with Gasteiger partial charge in [0.25, 0.3) is 5.91 Å². The molecule has 3 rings (SSSR count). The summed E-state index contributed by atoms with van der Waals surface area (Å²) in [6.07, 6.45) is 0.791. The van der Waals surface area contributed by atoms with Crippen molar-refractivity contribution in [1.82, 2.24) is 9.88 Å². The third-order valence-electron chi connectivity index (χ3n) is 5.01. The van der Waals surface area contributed by atoms with E-state index in [2.05, 4.69) is 4.90 Å². The van der Waals surface area contributed by atoms with Gasteiger partial charge in [-0.2, -0.15) is 0 Å². The first-order chi connectivity index (χ1) is 15.3. The maximum Gasteiger partial charge on any atom is 0.260 e. The van der Waals surface area contributed by atoms with Gasteiger partial charge < -0.3 is 19.1 Å². The molecular weight excluding hydrogens is 450 g/mol. The number of amides is 1. The average Bonchev–Trinajstić information content (AvgIpc) is 3.18. The molecule has 2 aromatic carbocycles. The Labute approximate surface area is 197 Å². The van der Waals surface area contributed by atoms with Crippen LogP contribution in [0, 0.1) is 6.92 Å². The lowest BCUT2D eigenvalue weighted by Crippen LogP contribution is -2.33. The van der Waals surface area contributed by atoms with Gasteiger partial charge in [0.15, 0.2) is 16.6 Å². The topological polar surface area (TPSA) is 64.1 Å². The molecule has 0 N–H and O–H groups in total. The summed E-state index contributed by atoms with van der Waals surface area (Å²) >= 11 is 7.69. The number of ether oxygens (including phenoxy) is 3. The SMILES string of the molecule is COc1cc(C(=O)N(CCCN(C)C)c2nc3c(C)cc(Cl)cc3s2)cc(OC)c1OC. The van der Waals surface area contributed by atoms with E-state index >= 15 is 0 Å². The lowest BCUT2D eigenvalue weighted by molar-refractivity contribution is 0.0985. The molecule has 1 heterocycles. The molecule has 0 saturated carbocycles. The number of rotatable bonds is 9. The van der Waals surface area contributed by atoms with Crippen LogP contribution in [0.5, 0.6) is 17.2 Å². The maximum absolute atomic E-state index is 13.7. The quantitative estimate of drug-likeness (QED) is 0.437. The summed E-state index contributed by atoms with van der Waals surface area (Å²) in [4.78, 5) is 22.3. The molecule has 0 bridgehead atoms. The van der Waals surface area contributed by atoms with E-state index in [0.717, 1.165) is 28.7 Å². The number of fused-ring (bicyclic) bond motifs is 1. The van der Waals surface area contributed by atoms with Crippen LogP contribution in [-0.4, -0.2) is 64.3 Å². The Morgan fingerprint density at radius 1 is 1.03 bits per heavy atom. The van der Waals surface area contributed by atoms with E-state index in [1.807, 2.05) is 33.2 Å². The van der Waals surface area contributed by atoms with Gasteiger partial charge in [-0.15, -0.1) is 0 Å². The minimum Gasteiger partial charge on any atom is -0.493 e. The first-order valence-corrected chi connectivity index (χ1v) is 11.3. The highest BCUT2D eigenvalue weighted by Gasteiger charge is 2.25. The number of thiazole rings is 1. The van der Waals surface area contributed by atoms with Crippen molar-refractivity contribution < 1.29 is 19.0 Å². The molecule has 3 aromatic rings. The van der Waals surface area contributed by atoms with Crippen molar-refractivity contribution in [3.05, 3.63) is 40.4 Å². The molecule has 0 saturated heterocycles. The second kappa shape index (κ2) is 10.4. The van der Waals surface area contributed by atoms with Crippen molar-refractivity contribution in [1.29, 1.82) is 0 Å². The van der Waals surface area contributed by atoms with Crippen LogP contribution in [0.25, 0.3) is 10.2 Å². The number of carbonyl (C=O) groups excluding carboxylic acids is 1. The van der Waals surface area contributed by atoms with Crippen molar-refractivity contribution >= 4 is 44.2 Å². The van der Waals surface area contributed by atoms with Crippen LogP contribution < -0.4 is 19.1 Å². The number of aromatic nitrogens is 1. The fourth-order valence-electron chi connectivity index (χ4n) is 3.45. The maximum atomic E-state index is 13.7. The van der Waals surface area contributed by atoms with Gasteiger partial charge in [-0.25, -0.2) is 4.98 Å². The van der Waals surface area contributed by atoms with E-state index in [1.165, 1.54) is 32.7 Å². The van der Waals surface area contributed by atoms with Crippen LogP contribution in [0.4, 0.5) is 5.13 Å². The molecule has 32 heavy (non-hydrogen) atoms. The number of methoxy groups -OCH3 is 3. The normalized spacial score (nSPS) is 11.1. The van der Waals surface area contributed by atoms with Crippen molar-refractivity contribution in [3.8, 4) is 17.2 Å². The number of halogens is 1. The van der Waals surface area contributed by atoms with Crippen molar-refractivity contribution in [2.24, 2.45) is 0 Å². The first kappa shape index (κ1) is 24.1. The Bertz CT molecular complexity index is 1090. The summed E-state index contributed by atoms with van der Waals surface area (Å²) in [5.41, 5.74) is 2.26. The fraction of sp³-hybridized carbons (Fsp3) is 0.391. The first-order valence-electron chi connectivity index (χ1n) is 10.1. The second-order valence-corrected chi connectivity index (χ2v) is 9.04. The van der Waals surface area contributed by atoms with E-state index in [1.54, 1.807) is 17.0 Å². The zero-order chi connectivity index (χ0) is 23.4. The fourth-order valence-corrected chi connectivity index (χ4v) is 4.89. The van der Waals surface area contributed by atoms with E-state index in [4.69, 9.17) is 30.8 Å². The third-order valence-corrected chi connectivity index (χ3v) is 6.26. The smallest absolute Gasteiger partial charge is 0.260 e. The molecule has 0 aliphatic heterocycles. The monoisotopic (exact) mass is 477 g/mol. The molecule has 9 heteroatoms. The number of hydrogen-bond acceptors (Lipinski definition) is 7. The second-order valence-electron chi connectivity index (χ2n) is 7.59. The molecule has 0 atom stereocenters. The summed E-state index contributed by atoms with van der Waals surface area (Å²) in [6.45, 7) is 3.32. The van der Waals surface area contributed by atoms with Gasteiger partial charge in [-0.3, -0.25) is 9.69 Å². The Balaban J connectivity index is 2.06. The highest BCUT2D eigenvalue weighted by atomic mass is 35.5. The molecular formula is C23H28ClN3O4S. The molecule has 0 aliphatic rings. The standard InChI is InChI=1S/C23H28ClN3O4S/c1-14-10-16(24)13-19-20(14)25-23(32-19)27(9-7-8-26(2)3)22(28)15-11-17(29-4)21(31-6)18(12-15)30-5/h10-13H,7-9H2,1-6H3. The molecule has 1 aromatic heterocycles. The molecule has 0 unspecified atom stereocenters. The molecule has 7 nitrogen and oxygen atoms in total. The Hall–Kier alpha value is -2.55. The van der Waals surface area contributed by atoms with Gasteiger partial charge in [0.05, 0.1) is 31.5 Å². The zero-order valence-electron chi connectivity index (χ0n) is 19.2. The van der Waals surface area contributed by atoms with Crippen LogP contribution >= 0.6 is 22.9 Å². The number of hydrogen-bond donors (Lipinski definition) is 0. The molecule has 0 aliphatic carbocycles. The highest BCUT2D eigenvalue weighted by Crippen LogP contribution is 2.39. The molecule has 0 radical (unpaired) electrons. The zero-order valence-corrected chi connectivity index (χ0v) is 20.8. The minimum atomic E-state index is -0.189. The summed E-state index contributed by atoms with van der Waals surface area (Å²) in [7, 11) is 8.60. The van der Waals surface area contributed by atoms with Crippen LogP contribution in [0.15, 0.2) is 24.3 Å². The van der Waals surface area contributed by atoms with Crippen LogP contribution in [0.3, 0.4) is 0 Å². The minimum absolute atomic E-state index is 0.189. The lowest BCUT2D eigenvalue weighted by atomic mass is 10.1. The predicted octanol–water partition coefficient (Wildman–Crippen LogP) is 4.88. The van der Waals surface area contributed by atoms with Gasteiger partial charge >= 0.3 is 0 Å². The van der Waals surface area contributed by atoms with Crippen molar-refractivity contribution in [3.63, 3.8) is 0 Å². The third kappa shape index (κ3) is 5.09. The summed E-state index contributed by atoms with van der Waals surface area (Å²) in [5, 5.41) is 1.28. The lowest BCUT2D eigenvalue weighted by Gasteiger charge is -2.22. The van der Waals surface area contributed by atoms with Crippen LogP contribution in [0.1, 0.15) is 22.3 Å². The van der Waals surface area contributed by atoms with Gasteiger partial charge in [0, 0.05) is 17.1 Å². The molecule has 0 fully saturated rings. The number of carbonyl (C=O) groups is 1. The summed E-state index contributed by atoms with van der Waals surface area (Å²) in [6, 6.07) is 7.09. The van der Waals surface area contributed by atoms with Crippen LogP contribution in [-0.2, 0) is 0 Å². The van der Waals surface area contributed by atoms with Crippen molar-refractivity contribution in [2.75, 3.05) is 53.4 Å². The van der Waals surface area contributed by atoms with Gasteiger partial charge in [0.2, 0.25) is 5.75 Å². The Kier molecular flexibility index (Phi) is 7.82. The average molecular weight is 478 g/mol.